The van der Waals surface area contributed by atoms with Gasteiger partial charge in [-0.25, -0.2) is 4.79 Å². The predicted octanol–water partition coefficient (Wildman–Crippen LogP) is 2.87. The zero-order valence-corrected chi connectivity index (χ0v) is 11.8. The van der Waals surface area contributed by atoms with Gasteiger partial charge in [-0.3, -0.25) is 0 Å². The first-order valence-corrected chi connectivity index (χ1v) is 7.23. The summed E-state index contributed by atoms with van der Waals surface area (Å²) in [6, 6.07) is 19.8. The SMILES string of the molecule is O=C(Nc1ccccc1)N1CCNCC1c1ccccc1. The first kappa shape index (κ1) is 13.6. The third-order valence-corrected chi connectivity index (χ3v) is 3.71. The van der Waals surface area contributed by atoms with Crippen LogP contribution < -0.4 is 10.6 Å². The lowest BCUT2D eigenvalue weighted by Gasteiger charge is -2.36. The lowest BCUT2D eigenvalue weighted by Crippen LogP contribution is -2.50. The molecule has 0 bridgehead atoms. The molecule has 0 radical (unpaired) electrons. The summed E-state index contributed by atoms with van der Waals surface area (Å²) in [4.78, 5) is 14.4. The van der Waals surface area contributed by atoms with Gasteiger partial charge in [0.25, 0.3) is 0 Å². The van der Waals surface area contributed by atoms with E-state index in [1.807, 2.05) is 53.4 Å². The topological polar surface area (TPSA) is 44.4 Å². The van der Waals surface area contributed by atoms with Gasteiger partial charge in [-0.05, 0) is 17.7 Å². The molecule has 0 spiro atoms. The average molecular weight is 281 g/mol. The number of piperazine rings is 1. The molecule has 1 aliphatic heterocycles. The zero-order chi connectivity index (χ0) is 14.5. The molecule has 1 saturated heterocycles. The molecule has 1 fully saturated rings. The van der Waals surface area contributed by atoms with Crippen molar-refractivity contribution >= 4 is 11.7 Å². The van der Waals surface area contributed by atoms with E-state index in [2.05, 4.69) is 22.8 Å². The fourth-order valence-corrected chi connectivity index (χ4v) is 2.64. The maximum absolute atomic E-state index is 12.5. The molecule has 1 atom stereocenters. The molecule has 2 N–H and O–H groups in total. The largest absolute Gasteiger partial charge is 0.322 e. The normalized spacial score (nSPS) is 18.3. The highest BCUT2D eigenvalue weighted by Gasteiger charge is 2.27. The molecule has 4 nitrogen and oxygen atoms in total. The van der Waals surface area contributed by atoms with E-state index in [9.17, 15) is 4.79 Å². The van der Waals surface area contributed by atoms with Crippen molar-refractivity contribution in [1.82, 2.24) is 10.2 Å². The van der Waals surface area contributed by atoms with Crippen molar-refractivity contribution in [3.63, 3.8) is 0 Å². The molecule has 0 aromatic heterocycles. The summed E-state index contributed by atoms with van der Waals surface area (Å²) in [5.41, 5.74) is 1.99. The maximum atomic E-state index is 12.5. The van der Waals surface area contributed by atoms with Gasteiger partial charge in [-0.1, -0.05) is 48.5 Å². The molecule has 2 amide bonds. The summed E-state index contributed by atoms with van der Waals surface area (Å²) in [6.07, 6.45) is 0. The van der Waals surface area contributed by atoms with Crippen LogP contribution in [0.1, 0.15) is 11.6 Å². The molecule has 3 rings (SSSR count). The van der Waals surface area contributed by atoms with Crippen LogP contribution in [0.2, 0.25) is 0 Å². The Morgan fingerprint density at radius 1 is 1.05 bits per heavy atom. The minimum atomic E-state index is -0.0449. The highest BCUT2D eigenvalue weighted by Crippen LogP contribution is 2.22. The molecule has 1 unspecified atom stereocenters. The number of anilines is 1. The lowest BCUT2D eigenvalue weighted by molar-refractivity contribution is 0.171. The number of hydrogen-bond donors (Lipinski definition) is 2. The predicted molar refractivity (Wildman–Crippen MR) is 84.2 cm³/mol. The first-order chi connectivity index (χ1) is 10.3. The Labute approximate surface area is 124 Å². The van der Waals surface area contributed by atoms with Crippen molar-refractivity contribution in [3.8, 4) is 0 Å². The summed E-state index contributed by atoms with van der Waals surface area (Å²) in [6.45, 7) is 2.32. The van der Waals surface area contributed by atoms with Crippen molar-refractivity contribution < 1.29 is 4.79 Å². The Kier molecular flexibility index (Phi) is 4.17. The molecule has 1 aliphatic rings. The Balaban J connectivity index is 1.76. The molecule has 1 heterocycles. The number of rotatable bonds is 2. The van der Waals surface area contributed by atoms with Gasteiger partial charge in [0.15, 0.2) is 0 Å². The fraction of sp³-hybridized carbons (Fsp3) is 0.235. The number of carbonyl (C=O) groups is 1. The van der Waals surface area contributed by atoms with Gasteiger partial charge in [0, 0.05) is 25.3 Å². The van der Waals surface area contributed by atoms with Crippen LogP contribution in [0, 0.1) is 0 Å². The van der Waals surface area contributed by atoms with Gasteiger partial charge in [-0.2, -0.15) is 0 Å². The van der Waals surface area contributed by atoms with E-state index in [1.54, 1.807) is 0 Å². The van der Waals surface area contributed by atoms with Gasteiger partial charge in [0.2, 0.25) is 0 Å². The van der Waals surface area contributed by atoms with E-state index in [-0.39, 0.29) is 12.1 Å². The average Bonchev–Trinajstić information content (AvgIpc) is 2.56. The minimum absolute atomic E-state index is 0.0449. The summed E-state index contributed by atoms with van der Waals surface area (Å²) >= 11 is 0. The van der Waals surface area contributed by atoms with E-state index in [0.717, 1.165) is 24.3 Å². The van der Waals surface area contributed by atoms with Crippen LogP contribution in [0.3, 0.4) is 0 Å². The third-order valence-electron chi connectivity index (χ3n) is 3.71. The van der Waals surface area contributed by atoms with Crippen LogP contribution in [-0.4, -0.2) is 30.6 Å². The molecular formula is C17H19N3O. The summed E-state index contributed by atoms with van der Waals surface area (Å²) in [5.74, 6) is 0. The van der Waals surface area contributed by atoms with Crippen molar-refractivity contribution in [2.75, 3.05) is 25.0 Å². The Hall–Kier alpha value is -2.33. The number of amides is 2. The fourth-order valence-electron chi connectivity index (χ4n) is 2.64. The van der Waals surface area contributed by atoms with E-state index in [0.29, 0.717) is 6.54 Å². The van der Waals surface area contributed by atoms with Crippen molar-refractivity contribution in [2.45, 2.75) is 6.04 Å². The summed E-state index contributed by atoms with van der Waals surface area (Å²) < 4.78 is 0. The number of nitrogens with zero attached hydrogens (tertiary/aromatic N) is 1. The number of urea groups is 1. The van der Waals surface area contributed by atoms with E-state index >= 15 is 0 Å². The lowest BCUT2D eigenvalue weighted by atomic mass is 10.0. The van der Waals surface area contributed by atoms with Gasteiger partial charge in [-0.15, -0.1) is 0 Å². The van der Waals surface area contributed by atoms with Crippen LogP contribution in [0.25, 0.3) is 0 Å². The quantitative estimate of drug-likeness (QED) is 0.889. The van der Waals surface area contributed by atoms with Crippen molar-refractivity contribution in [2.24, 2.45) is 0 Å². The van der Waals surface area contributed by atoms with Gasteiger partial charge < -0.3 is 15.5 Å². The van der Waals surface area contributed by atoms with Crippen molar-refractivity contribution in [1.29, 1.82) is 0 Å². The number of hydrogen-bond acceptors (Lipinski definition) is 2. The van der Waals surface area contributed by atoms with Gasteiger partial charge >= 0.3 is 6.03 Å². The van der Waals surface area contributed by atoms with Crippen LogP contribution in [0.15, 0.2) is 60.7 Å². The molecule has 0 saturated carbocycles. The van der Waals surface area contributed by atoms with E-state index in [1.165, 1.54) is 0 Å². The van der Waals surface area contributed by atoms with Crippen LogP contribution in [0.4, 0.5) is 10.5 Å². The number of nitrogens with one attached hydrogen (secondary N) is 2. The smallest absolute Gasteiger partial charge is 0.315 e. The molecule has 21 heavy (non-hydrogen) atoms. The summed E-state index contributed by atoms with van der Waals surface area (Å²) in [7, 11) is 0. The molecule has 108 valence electrons. The first-order valence-electron chi connectivity index (χ1n) is 7.23. The highest BCUT2D eigenvalue weighted by atomic mass is 16.2. The molecule has 4 heteroatoms. The number of benzene rings is 2. The zero-order valence-electron chi connectivity index (χ0n) is 11.8. The monoisotopic (exact) mass is 281 g/mol. The Morgan fingerprint density at radius 3 is 2.43 bits per heavy atom. The molecule has 0 aliphatic carbocycles. The van der Waals surface area contributed by atoms with Crippen LogP contribution in [0.5, 0.6) is 0 Å². The van der Waals surface area contributed by atoms with E-state index in [4.69, 9.17) is 0 Å². The molecule has 2 aromatic carbocycles. The van der Waals surface area contributed by atoms with Crippen LogP contribution in [-0.2, 0) is 0 Å². The van der Waals surface area contributed by atoms with E-state index < -0.39 is 0 Å². The second-order valence-corrected chi connectivity index (χ2v) is 5.12. The van der Waals surface area contributed by atoms with Gasteiger partial charge in [0.1, 0.15) is 0 Å². The molecular weight excluding hydrogens is 262 g/mol. The van der Waals surface area contributed by atoms with Crippen molar-refractivity contribution in [3.05, 3.63) is 66.2 Å². The second kappa shape index (κ2) is 6.41. The molecule has 2 aromatic rings. The Bertz CT molecular complexity index is 585. The maximum Gasteiger partial charge on any atom is 0.322 e. The standard InChI is InChI=1S/C17H19N3O/c21-17(19-15-9-5-2-6-10-15)20-12-11-18-13-16(20)14-7-3-1-4-8-14/h1-10,16,18H,11-13H2,(H,19,21). The third kappa shape index (κ3) is 3.23. The summed E-state index contributed by atoms with van der Waals surface area (Å²) in [5, 5.41) is 6.33. The Morgan fingerprint density at radius 2 is 1.71 bits per heavy atom. The van der Waals surface area contributed by atoms with Gasteiger partial charge in [0.05, 0.1) is 6.04 Å². The number of para-hydroxylation sites is 1. The minimum Gasteiger partial charge on any atom is -0.315 e. The number of carbonyl (C=O) groups excluding carboxylic acids is 1. The highest BCUT2D eigenvalue weighted by molar-refractivity contribution is 5.89. The second-order valence-electron chi connectivity index (χ2n) is 5.12. The van der Waals surface area contributed by atoms with Crippen LogP contribution >= 0.6 is 0 Å².